The lowest BCUT2D eigenvalue weighted by molar-refractivity contribution is 0.194. The van der Waals surface area contributed by atoms with E-state index >= 15 is 0 Å². The fourth-order valence-electron chi connectivity index (χ4n) is 0. The van der Waals surface area contributed by atoms with E-state index in [2.05, 4.69) is 46.4 Å². The molecule has 0 saturated heterocycles. The van der Waals surface area contributed by atoms with E-state index in [-0.39, 0.29) is 0 Å². The summed E-state index contributed by atoms with van der Waals surface area (Å²) >= 11 is 16.7. The zero-order valence-corrected chi connectivity index (χ0v) is 6.70. The lowest BCUT2D eigenvalue weighted by Gasteiger charge is -1.87. The van der Waals surface area contributed by atoms with Gasteiger partial charge in [-0.25, -0.2) is 0 Å². The summed E-state index contributed by atoms with van der Waals surface area (Å²) in [6, 6.07) is 0. The van der Waals surface area contributed by atoms with Crippen molar-refractivity contribution in [3.63, 3.8) is 0 Å². The third kappa shape index (κ3) is 817. The number of carbonyl (C=O) groups is 1. The second-order valence-electron chi connectivity index (χ2n) is 0.654. The van der Waals surface area contributed by atoms with Gasteiger partial charge < -0.3 is 0 Å². The second kappa shape index (κ2) is 5.47. The molecule has 0 unspecified atom stereocenters. The molecule has 0 N–H and O–H groups in total. The Morgan fingerprint density at radius 2 is 1.22 bits per heavy atom. The third-order valence-corrected chi connectivity index (χ3v) is 0. The van der Waals surface area contributed by atoms with Crippen LogP contribution in [0.4, 0.5) is 13.6 Å². The van der Waals surface area contributed by atoms with Crippen LogP contribution in [0.3, 0.4) is 0 Å². The number of alkyl halides is 4. The predicted octanol–water partition coefficient (Wildman–Crippen LogP) is 3.60. The fraction of sp³-hybridized carbons (Fsp3) is 0.500. The van der Waals surface area contributed by atoms with Crippen LogP contribution in [0.25, 0.3) is 0 Å². The van der Waals surface area contributed by atoms with E-state index in [9.17, 15) is 8.78 Å². The van der Waals surface area contributed by atoms with Gasteiger partial charge in [-0.2, -0.15) is 8.78 Å². The monoisotopic (exact) mass is 218 g/mol. The van der Waals surface area contributed by atoms with Crippen LogP contribution in [-0.2, 0) is 0 Å². The standard InChI is InChI=1S/CCl2F2.CCl2O/c2-1(3,4)5;2-1(3)4. The highest BCUT2D eigenvalue weighted by molar-refractivity contribution is 6.93. The van der Waals surface area contributed by atoms with Gasteiger partial charge in [0.25, 0.3) is 0 Å². The average Bonchev–Trinajstić information content (AvgIpc) is 1.19. The molecule has 0 amide bonds. The van der Waals surface area contributed by atoms with E-state index in [4.69, 9.17) is 4.79 Å². The molecule has 0 rings (SSSR count). The normalized spacial score (nSPS) is 9.56. The van der Waals surface area contributed by atoms with Gasteiger partial charge in [-0.1, -0.05) is 0 Å². The smallest absolute Gasteiger partial charge is 0.262 e. The second-order valence-corrected chi connectivity index (χ2v) is 2.68. The molecule has 0 aliphatic heterocycles. The highest BCUT2D eigenvalue weighted by Crippen LogP contribution is 2.22. The first-order valence-corrected chi connectivity index (χ1v) is 2.85. The summed E-state index contributed by atoms with van der Waals surface area (Å²) in [7, 11) is 0. The zero-order valence-electron chi connectivity index (χ0n) is 3.68. The van der Waals surface area contributed by atoms with E-state index in [0.717, 1.165) is 0 Å². The van der Waals surface area contributed by atoms with Gasteiger partial charge in [0.05, 0.1) is 0 Å². The topological polar surface area (TPSA) is 17.1 Å². The molecule has 0 aromatic carbocycles. The molecular weight excluding hydrogens is 220 g/mol. The van der Waals surface area contributed by atoms with Gasteiger partial charge in [-0.05, 0) is 46.4 Å². The Balaban J connectivity index is 0. The summed E-state index contributed by atoms with van der Waals surface area (Å²) in [5, 5.41) is 0. The molecule has 0 fully saturated rings. The Bertz CT molecular complexity index is 79.1. The van der Waals surface area contributed by atoms with Gasteiger partial charge in [0.2, 0.25) is 0 Å². The van der Waals surface area contributed by atoms with Crippen LogP contribution < -0.4 is 0 Å². The van der Waals surface area contributed by atoms with Crippen molar-refractivity contribution in [3.05, 3.63) is 0 Å². The molecule has 0 spiro atoms. The van der Waals surface area contributed by atoms with Gasteiger partial charge in [0, 0.05) is 0 Å². The van der Waals surface area contributed by atoms with E-state index < -0.39 is 9.54 Å². The minimum atomic E-state index is -3.56. The van der Waals surface area contributed by atoms with Crippen LogP contribution >= 0.6 is 46.4 Å². The summed E-state index contributed by atoms with van der Waals surface area (Å²) < 4.78 is 20.2. The Kier molecular flexibility index (Phi) is 7.52. The molecule has 0 saturated carbocycles. The van der Waals surface area contributed by atoms with Crippen molar-refractivity contribution >= 4 is 51.1 Å². The van der Waals surface area contributed by atoms with Crippen molar-refractivity contribution < 1.29 is 13.6 Å². The lowest BCUT2D eigenvalue weighted by atomic mass is 11.7. The van der Waals surface area contributed by atoms with Crippen LogP contribution in [0.5, 0.6) is 0 Å². The summed E-state index contributed by atoms with van der Waals surface area (Å²) in [6.07, 6.45) is 0. The van der Waals surface area contributed by atoms with E-state index in [1.54, 1.807) is 0 Å². The summed E-state index contributed by atoms with van der Waals surface area (Å²) in [6.45, 7) is 0. The minimum Gasteiger partial charge on any atom is -0.262 e. The largest absolute Gasteiger partial charge is 0.401 e. The molecule has 0 aliphatic carbocycles. The van der Waals surface area contributed by atoms with E-state index in [0.29, 0.717) is 0 Å². The molecule has 0 radical (unpaired) electrons. The molecular formula is C2Cl4F2O. The van der Waals surface area contributed by atoms with Crippen molar-refractivity contribution in [2.24, 2.45) is 0 Å². The van der Waals surface area contributed by atoms with Crippen molar-refractivity contribution in [1.29, 1.82) is 0 Å². The molecule has 7 heteroatoms. The average molecular weight is 220 g/mol. The molecule has 0 heterocycles. The Morgan fingerprint density at radius 3 is 1.22 bits per heavy atom. The molecule has 9 heavy (non-hydrogen) atoms. The number of halogens is 6. The lowest BCUT2D eigenvalue weighted by Crippen LogP contribution is -1.86. The fourth-order valence-corrected chi connectivity index (χ4v) is 0. The first-order valence-electron chi connectivity index (χ1n) is 1.34. The molecule has 0 aliphatic rings. The van der Waals surface area contributed by atoms with Crippen LogP contribution in [0.1, 0.15) is 0 Å². The molecule has 56 valence electrons. The van der Waals surface area contributed by atoms with Gasteiger partial charge >= 0.3 is 9.54 Å². The summed E-state index contributed by atoms with van der Waals surface area (Å²) in [4.78, 5) is 5.42. The van der Waals surface area contributed by atoms with Gasteiger partial charge in [0.1, 0.15) is 0 Å². The van der Waals surface area contributed by atoms with Gasteiger partial charge in [-0.15, -0.1) is 0 Å². The minimum absolute atomic E-state index is 0.889. The SMILES string of the molecule is FC(F)(Cl)Cl.O=C(Cl)Cl. The van der Waals surface area contributed by atoms with Crippen molar-refractivity contribution in [2.75, 3.05) is 0 Å². The third-order valence-electron chi connectivity index (χ3n) is 0. The Labute approximate surface area is 69.8 Å². The summed E-state index contributed by atoms with van der Waals surface area (Å²) in [5.41, 5.74) is 0. The number of carbonyl (C=O) groups excluding carboxylic acids is 1. The number of hydrogen-bond donors (Lipinski definition) is 0. The Morgan fingerprint density at radius 1 is 1.22 bits per heavy atom. The maximum atomic E-state index is 10.6. The van der Waals surface area contributed by atoms with Crippen LogP contribution in [0.2, 0.25) is 0 Å². The maximum Gasteiger partial charge on any atom is 0.401 e. The highest BCUT2D eigenvalue weighted by Gasteiger charge is 2.17. The molecule has 1 nitrogen and oxygen atoms in total. The molecule has 0 bridgehead atoms. The zero-order chi connectivity index (χ0) is 8.08. The molecule has 0 atom stereocenters. The van der Waals surface area contributed by atoms with Gasteiger partial charge in [-0.3, -0.25) is 4.79 Å². The van der Waals surface area contributed by atoms with E-state index in [1.807, 2.05) is 0 Å². The van der Waals surface area contributed by atoms with Crippen LogP contribution in [0.15, 0.2) is 0 Å². The molecule has 0 aromatic heterocycles. The van der Waals surface area contributed by atoms with Crippen molar-refractivity contribution in [2.45, 2.75) is 4.84 Å². The predicted molar refractivity (Wildman–Crippen MR) is 33.8 cm³/mol. The van der Waals surface area contributed by atoms with E-state index in [1.165, 1.54) is 0 Å². The van der Waals surface area contributed by atoms with Crippen molar-refractivity contribution in [3.8, 4) is 0 Å². The van der Waals surface area contributed by atoms with Gasteiger partial charge in [0.15, 0.2) is 0 Å². The first-order chi connectivity index (χ1) is 3.73. The highest BCUT2D eigenvalue weighted by atomic mass is 35.5. The van der Waals surface area contributed by atoms with Crippen molar-refractivity contribution in [1.82, 2.24) is 0 Å². The Hall–Kier alpha value is 0.690. The molecule has 0 aromatic rings. The number of rotatable bonds is 0. The number of hydrogen-bond acceptors (Lipinski definition) is 1. The first kappa shape index (κ1) is 12.4. The summed E-state index contributed by atoms with van der Waals surface area (Å²) in [5.74, 6) is 0. The maximum absolute atomic E-state index is 10.6. The van der Waals surface area contributed by atoms with Crippen LogP contribution in [-0.4, -0.2) is 9.54 Å². The van der Waals surface area contributed by atoms with Crippen LogP contribution in [0, 0.1) is 0 Å². The quantitative estimate of drug-likeness (QED) is 0.450.